The third kappa shape index (κ3) is 4.55. The van der Waals surface area contributed by atoms with Crippen molar-refractivity contribution in [3.63, 3.8) is 0 Å². The largest absolute Gasteiger partial charge is 0.489 e. The minimum Gasteiger partial charge on any atom is -0.489 e. The number of nitrogens with zero attached hydrogens (tertiary/aromatic N) is 2. The molecular formula is C27H23F4N5O3. The molecule has 8 nitrogen and oxygen atoms in total. The maximum Gasteiger partial charge on any atom is 0.398 e. The number of carbonyl (C=O) groups excluding carboxylic acids is 2. The number of fused-ring (bicyclic) bond motifs is 2. The quantitative estimate of drug-likeness (QED) is 0.315. The van der Waals surface area contributed by atoms with E-state index in [-0.39, 0.29) is 34.7 Å². The predicted molar refractivity (Wildman–Crippen MR) is 134 cm³/mol. The molecule has 0 radical (unpaired) electrons. The standard InChI is InChI=1S/C27H23F4N5O3/c1-13-16(7-8-20-17(13)10-34-36-20)24(37)33-11-19(27(29,30)31)21-9-18-23(39-12-26(18,2)25(32)38)22(35-21)14-3-5-15(28)6-4-14/h3-10,19H,11-12H2,1-2H3,(H2,32,38)(H,33,37)(H,34,36)/t19?,26-/m0/s1. The number of pyridine rings is 1. The fraction of sp³-hybridized carbons (Fsp3) is 0.259. The van der Waals surface area contributed by atoms with Crippen LogP contribution < -0.4 is 15.8 Å². The van der Waals surface area contributed by atoms with Crippen molar-refractivity contribution in [2.24, 2.45) is 5.73 Å². The summed E-state index contributed by atoms with van der Waals surface area (Å²) in [5.41, 5.74) is 5.63. The molecule has 1 aliphatic rings. The van der Waals surface area contributed by atoms with Crippen LogP contribution in [0.5, 0.6) is 5.75 Å². The number of hydrogen-bond acceptors (Lipinski definition) is 5. The van der Waals surface area contributed by atoms with Gasteiger partial charge in [-0.05, 0) is 61.9 Å². The molecule has 4 N–H and O–H groups in total. The van der Waals surface area contributed by atoms with E-state index in [1.165, 1.54) is 31.3 Å². The van der Waals surface area contributed by atoms with Gasteiger partial charge >= 0.3 is 6.18 Å². The zero-order chi connectivity index (χ0) is 28.1. The van der Waals surface area contributed by atoms with Crippen molar-refractivity contribution in [2.75, 3.05) is 13.2 Å². The lowest BCUT2D eigenvalue weighted by atomic mass is 9.82. The van der Waals surface area contributed by atoms with Crippen LogP contribution in [0, 0.1) is 12.7 Å². The Labute approximate surface area is 219 Å². The van der Waals surface area contributed by atoms with Gasteiger partial charge in [0.05, 0.1) is 17.4 Å². The van der Waals surface area contributed by atoms with Gasteiger partial charge in [-0.3, -0.25) is 14.7 Å². The Hall–Kier alpha value is -4.48. The van der Waals surface area contributed by atoms with E-state index in [4.69, 9.17) is 10.5 Å². The van der Waals surface area contributed by atoms with E-state index >= 15 is 0 Å². The highest BCUT2D eigenvalue weighted by Crippen LogP contribution is 2.46. The first-order chi connectivity index (χ1) is 18.4. The number of aryl methyl sites for hydroxylation is 1. The van der Waals surface area contributed by atoms with E-state index in [2.05, 4.69) is 20.5 Å². The van der Waals surface area contributed by atoms with E-state index < -0.39 is 47.4 Å². The number of H-pyrrole nitrogens is 1. The summed E-state index contributed by atoms with van der Waals surface area (Å²) in [6.45, 7) is 2.13. The number of primary amides is 1. The highest BCUT2D eigenvalue weighted by atomic mass is 19.4. The molecule has 39 heavy (non-hydrogen) atoms. The molecule has 1 aliphatic heterocycles. The van der Waals surface area contributed by atoms with E-state index in [9.17, 15) is 27.2 Å². The van der Waals surface area contributed by atoms with Crippen molar-refractivity contribution in [3.05, 3.63) is 76.9 Å². The number of ether oxygens (including phenoxy) is 1. The second-order valence-corrected chi connectivity index (χ2v) is 9.64. The molecule has 0 saturated carbocycles. The van der Waals surface area contributed by atoms with Crippen LogP contribution in [0.25, 0.3) is 22.2 Å². The normalized spacial score (nSPS) is 17.5. The summed E-state index contributed by atoms with van der Waals surface area (Å²) in [5, 5.41) is 9.74. The van der Waals surface area contributed by atoms with Crippen molar-refractivity contribution in [3.8, 4) is 17.0 Å². The zero-order valence-electron chi connectivity index (χ0n) is 20.8. The lowest BCUT2D eigenvalue weighted by molar-refractivity contribution is -0.149. The first-order valence-electron chi connectivity index (χ1n) is 11.9. The number of alkyl halides is 3. The van der Waals surface area contributed by atoms with Crippen LogP contribution in [0.1, 0.15) is 40.0 Å². The van der Waals surface area contributed by atoms with Gasteiger partial charge in [0.25, 0.3) is 5.91 Å². The van der Waals surface area contributed by atoms with Gasteiger partial charge < -0.3 is 15.8 Å². The van der Waals surface area contributed by atoms with Crippen LogP contribution >= 0.6 is 0 Å². The SMILES string of the molecule is Cc1c(C(=O)NCC(c2cc3c(c(-c4ccc(F)cc4)n2)OC[C@]3(C)C(N)=O)C(F)(F)F)ccc2[nH]ncc12. The second-order valence-electron chi connectivity index (χ2n) is 9.64. The number of amides is 2. The summed E-state index contributed by atoms with van der Waals surface area (Å²) in [6.07, 6.45) is -3.29. The Morgan fingerprint density at radius 3 is 2.59 bits per heavy atom. The number of benzene rings is 2. The maximum atomic E-state index is 14.4. The molecule has 202 valence electrons. The molecule has 0 spiro atoms. The number of aromatic amines is 1. The number of nitrogens with one attached hydrogen (secondary N) is 2. The molecule has 0 saturated heterocycles. The Morgan fingerprint density at radius 2 is 1.92 bits per heavy atom. The Morgan fingerprint density at radius 1 is 1.21 bits per heavy atom. The van der Waals surface area contributed by atoms with Gasteiger partial charge in [0, 0.05) is 28.6 Å². The van der Waals surface area contributed by atoms with Crippen LogP contribution in [-0.4, -0.2) is 46.3 Å². The predicted octanol–water partition coefficient (Wildman–Crippen LogP) is 4.28. The van der Waals surface area contributed by atoms with Crippen LogP contribution in [0.4, 0.5) is 17.6 Å². The van der Waals surface area contributed by atoms with E-state index in [1.807, 2.05) is 0 Å². The fourth-order valence-corrected chi connectivity index (χ4v) is 4.67. The van der Waals surface area contributed by atoms with Crippen LogP contribution in [0.2, 0.25) is 0 Å². The summed E-state index contributed by atoms with van der Waals surface area (Å²) < 4.78 is 62.5. The third-order valence-electron chi connectivity index (χ3n) is 7.11. The lowest BCUT2D eigenvalue weighted by Gasteiger charge is -2.24. The fourth-order valence-electron chi connectivity index (χ4n) is 4.67. The monoisotopic (exact) mass is 541 g/mol. The number of rotatable bonds is 6. The first-order valence-corrected chi connectivity index (χ1v) is 11.9. The average molecular weight is 542 g/mol. The van der Waals surface area contributed by atoms with Gasteiger partial charge in [-0.1, -0.05) is 0 Å². The second kappa shape index (κ2) is 9.37. The van der Waals surface area contributed by atoms with Crippen LogP contribution in [0.15, 0.2) is 48.7 Å². The number of nitrogens with two attached hydrogens (primary N) is 1. The molecule has 0 fully saturated rings. The summed E-state index contributed by atoms with van der Waals surface area (Å²) in [6, 6.07) is 9.25. The Balaban J connectivity index is 1.55. The number of carbonyl (C=O) groups is 2. The minimum absolute atomic E-state index is 0.00862. The molecule has 2 amide bonds. The minimum atomic E-state index is -4.82. The molecule has 12 heteroatoms. The van der Waals surface area contributed by atoms with Gasteiger partial charge in [-0.25, -0.2) is 9.37 Å². The number of hydrogen-bond donors (Lipinski definition) is 3. The zero-order valence-corrected chi connectivity index (χ0v) is 20.8. The van der Waals surface area contributed by atoms with Gasteiger partial charge in [0.1, 0.15) is 35.2 Å². The van der Waals surface area contributed by atoms with Crippen LogP contribution in [0.3, 0.4) is 0 Å². The molecule has 0 bridgehead atoms. The molecule has 0 aliphatic carbocycles. The molecule has 3 heterocycles. The highest BCUT2D eigenvalue weighted by Gasteiger charge is 2.47. The third-order valence-corrected chi connectivity index (χ3v) is 7.11. The molecule has 2 aromatic carbocycles. The Bertz CT molecular complexity index is 1600. The molecule has 2 atom stereocenters. The smallest absolute Gasteiger partial charge is 0.398 e. The van der Waals surface area contributed by atoms with Crippen molar-refractivity contribution < 1.29 is 31.9 Å². The highest BCUT2D eigenvalue weighted by molar-refractivity contribution is 6.00. The molecular weight excluding hydrogens is 518 g/mol. The van der Waals surface area contributed by atoms with E-state index in [0.717, 1.165) is 18.2 Å². The van der Waals surface area contributed by atoms with Crippen molar-refractivity contribution in [1.29, 1.82) is 0 Å². The molecule has 4 aromatic rings. The number of aromatic nitrogens is 3. The van der Waals surface area contributed by atoms with Gasteiger partial charge in [0.15, 0.2) is 0 Å². The van der Waals surface area contributed by atoms with Crippen LogP contribution in [-0.2, 0) is 10.2 Å². The van der Waals surface area contributed by atoms with Gasteiger partial charge in [-0.2, -0.15) is 18.3 Å². The van der Waals surface area contributed by atoms with Crippen molar-refractivity contribution >= 4 is 22.7 Å². The topological polar surface area (TPSA) is 123 Å². The van der Waals surface area contributed by atoms with Gasteiger partial charge in [-0.15, -0.1) is 0 Å². The van der Waals surface area contributed by atoms with Crippen molar-refractivity contribution in [2.45, 2.75) is 31.4 Å². The van der Waals surface area contributed by atoms with Gasteiger partial charge in [0.2, 0.25) is 5.91 Å². The Kier molecular flexibility index (Phi) is 6.28. The summed E-state index contributed by atoms with van der Waals surface area (Å²) in [4.78, 5) is 29.5. The summed E-state index contributed by atoms with van der Waals surface area (Å²) >= 11 is 0. The number of halogens is 4. The van der Waals surface area contributed by atoms with E-state index in [0.29, 0.717) is 16.5 Å². The lowest BCUT2D eigenvalue weighted by Crippen LogP contribution is -2.40. The summed E-state index contributed by atoms with van der Waals surface area (Å²) in [7, 11) is 0. The maximum absolute atomic E-state index is 14.4. The average Bonchev–Trinajstić information content (AvgIpc) is 3.50. The molecule has 5 rings (SSSR count). The van der Waals surface area contributed by atoms with Crippen molar-refractivity contribution in [1.82, 2.24) is 20.5 Å². The molecule has 1 unspecified atom stereocenters. The molecule has 2 aromatic heterocycles. The summed E-state index contributed by atoms with van der Waals surface area (Å²) in [5.74, 6) is -4.17. The first kappa shape index (κ1) is 26.1. The van der Waals surface area contributed by atoms with E-state index in [1.54, 1.807) is 13.0 Å².